The fourth-order valence-corrected chi connectivity index (χ4v) is 1.46. The zero-order chi connectivity index (χ0) is 12.2. The second-order valence-electron chi connectivity index (χ2n) is 3.40. The molecule has 0 aliphatic carbocycles. The van der Waals surface area contributed by atoms with E-state index in [1.165, 1.54) is 0 Å². The summed E-state index contributed by atoms with van der Waals surface area (Å²) in [5.41, 5.74) is 9.38. The van der Waals surface area contributed by atoms with Gasteiger partial charge in [-0.3, -0.25) is 0 Å². The third-order valence-corrected chi connectivity index (χ3v) is 2.16. The van der Waals surface area contributed by atoms with E-state index in [4.69, 9.17) is 5.53 Å². The summed E-state index contributed by atoms with van der Waals surface area (Å²) in [6.45, 7) is 1.69. The van der Waals surface area contributed by atoms with E-state index in [0.29, 0.717) is 11.1 Å². The van der Waals surface area contributed by atoms with Crippen molar-refractivity contribution in [2.75, 3.05) is 0 Å². The van der Waals surface area contributed by atoms with Crippen LogP contribution < -0.4 is 0 Å². The molecule has 0 saturated carbocycles. The molecule has 0 aliphatic heterocycles. The molecule has 0 spiro atoms. The van der Waals surface area contributed by atoms with Crippen molar-refractivity contribution in [1.29, 1.82) is 0 Å². The Morgan fingerprint density at radius 3 is 2.50 bits per heavy atom. The Hall–Kier alpha value is -1.68. The highest BCUT2D eigenvalue weighted by molar-refractivity contribution is 5.28. The number of hydrogen-bond donors (Lipinski definition) is 0. The average molecular weight is 229 g/mol. The predicted molar refractivity (Wildman–Crippen MR) is 53.7 cm³/mol. The third-order valence-electron chi connectivity index (χ3n) is 2.16. The summed E-state index contributed by atoms with van der Waals surface area (Å²) in [4.78, 5) is 2.46. The van der Waals surface area contributed by atoms with Crippen LogP contribution in [0.25, 0.3) is 10.4 Å². The first kappa shape index (κ1) is 12.4. The van der Waals surface area contributed by atoms with Crippen LogP contribution in [0.5, 0.6) is 0 Å². The molecular formula is C10H10F3N3. The molecule has 0 N–H and O–H groups in total. The van der Waals surface area contributed by atoms with Gasteiger partial charge in [0.05, 0.1) is 12.5 Å². The minimum absolute atomic E-state index is 0.414. The second kappa shape index (κ2) is 4.90. The van der Waals surface area contributed by atoms with E-state index in [1.807, 2.05) is 0 Å². The highest BCUT2D eigenvalue weighted by Gasteiger charge is 2.32. The van der Waals surface area contributed by atoms with Crippen molar-refractivity contribution >= 4 is 0 Å². The molecular weight excluding hydrogens is 219 g/mol. The molecule has 1 atom stereocenters. The van der Waals surface area contributed by atoms with Gasteiger partial charge in [-0.15, -0.1) is 0 Å². The molecule has 1 aromatic rings. The zero-order valence-corrected chi connectivity index (χ0v) is 8.57. The molecule has 1 unspecified atom stereocenters. The summed E-state index contributed by atoms with van der Waals surface area (Å²) in [6.07, 6.45) is -5.48. The van der Waals surface area contributed by atoms with Gasteiger partial charge in [0.25, 0.3) is 0 Å². The topological polar surface area (TPSA) is 48.8 Å². The number of azide groups is 1. The first-order valence-electron chi connectivity index (χ1n) is 4.60. The molecule has 0 aliphatic rings. The van der Waals surface area contributed by atoms with Gasteiger partial charge in [0.2, 0.25) is 0 Å². The van der Waals surface area contributed by atoms with Gasteiger partial charge in [-0.25, -0.2) is 0 Å². The Morgan fingerprint density at radius 1 is 1.38 bits per heavy atom. The van der Waals surface area contributed by atoms with Crippen molar-refractivity contribution < 1.29 is 13.2 Å². The van der Waals surface area contributed by atoms with E-state index in [-0.39, 0.29) is 0 Å². The van der Waals surface area contributed by atoms with Crippen LogP contribution in [-0.2, 0) is 0 Å². The molecule has 0 bridgehead atoms. The van der Waals surface area contributed by atoms with Gasteiger partial charge in [-0.05, 0) is 23.6 Å². The number of aryl methyl sites for hydroxylation is 1. The van der Waals surface area contributed by atoms with E-state index in [0.717, 1.165) is 0 Å². The first-order chi connectivity index (χ1) is 7.44. The van der Waals surface area contributed by atoms with Gasteiger partial charge < -0.3 is 0 Å². The lowest BCUT2D eigenvalue weighted by molar-refractivity contribution is -0.138. The van der Waals surface area contributed by atoms with Crippen molar-refractivity contribution in [1.82, 2.24) is 0 Å². The fraction of sp³-hybridized carbons (Fsp3) is 0.400. The van der Waals surface area contributed by atoms with Crippen LogP contribution in [0.3, 0.4) is 0 Å². The number of nitrogens with zero attached hydrogens (tertiary/aromatic N) is 3. The Bertz CT molecular complexity index is 408. The van der Waals surface area contributed by atoms with Crippen molar-refractivity contribution in [3.05, 3.63) is 45.8 Å². The highest BCUT2D eigenvalue weighted by Crippen LogP contribution is 2.33. The van der Waals surface area contributed by atoms with E-state index < -0.39 is 18.6 Å². The average Bonchev–Trinajstić information content (AvgIpc) is 2.16. The van der Waals surface area contributed by atoms with E-state index in [1.54, 1.807) is 31.2 Å². The number of alkyl halides is 3. The van der Waals surface area contributed by atoms with Crippen molar-refractivity contribution in [2.24, 2.45) is 5.11 Å². The van der Waals surface area contributed by atoms with Gasteiger partial charge in [0, 0.05) is 4.91 Å². The van der Waals surface area contributed by atoms with Gasteiger partial charge in [0.1, 0.15) is 0 Å². The van der Waals surface area contributed by atoms with Gasteiger partial charge in [-0.2, -0.15) is 13.2 Å². The molecule has 16 heavy (non-hydrogen) atoms. The summed E-state index contributed by atoms with van der Waals surface area (Å²) in [5.74, 6) is 0. The monoisotopic (exact) mass is 229 g/mol. The van der Waals surface area contributed by atoms with E-state index >= 15 is 0 Å². The van der Waals surface area contributed by atoms with Crippen molar-refractivity contribution in [3.63, 3.8) is 0 Å². The lowest BCUT2D eigenvalue weighted by Crippen LogP contribution is -2.13. The Labute approximate surface area is 90.5 Å². The van der Waals surface area contributed by atoms with Crippen LogP contribution in [-0.4, -0.2) is 6.18 Å². The number of hydrogen-bond acceptors (Lipinski definition) is 1. The molecule has 0 fully saturated rings. The molecule has 6 heteroatoms. The van der Waals surface area contributed by atoms with Crippen LogP contribution in [0.15, 0.2) is 29.4 Å². The van der Waals surface area contributed by atoms with Crippen LogP contribution >= 0.6 is 0 Å². The number of rotatable bonds is 3. The Kier molecular flexibility index (Phi) is 3.79. The smallest absolute Gasteiger partial charge is 0.171 e. The van der Waals surface area contributed by atoms with E-state index in [9.17, 15) is 13.2 Å². The lowest BCUT2D eigenvalue weighted by atomic mass is 9.99. The molecule has 0 amide bonds. The van der Waals surface area contributed by atoms with E-state index in [2.05, 4.69) is 10.0 Å². The number of benzene rings is 1. The zero-order valence-electron chi connectivity index (χ0n) is 8.57. The summed E-state index contributed by atoms with van der Waals surface area (Å²) >= 11 is 0. The highest BCUT2D eigenvalue weighted by atomic mass is 19.4. The minimum Gasteiger partial charge on any atom is -0.171 e. The summed E-state index contributed by atoms with van der Waals surface area (Å²) in [7, 11) is 0. The normalized spacial score (nSPS) is 13.0. The molecule has 1 aromatic carbocycles. The Morgan fingerprint density at radius 2 is 2.00 bits per heavy atom. The van der Waals surface area contributed by atoms with Crippen LogP contribution in [0.2, 0.25) is 0 Å². The van der Waals surface area contributed by atoms with Gasteiger partial charge in [0.15, 0.2) is 0 Å². The summed E-state index contributed by atoms with van der Waals surface area (Å²) < 4.78 is 36.8. The quantitative estimate of drug-likeness (QED) is 0.421. The predicted octanol–water partition coefficient (Wildman–Crippen LogP) is 4.30. The fourth-order valence-electron chi connectivity index (χ4n) is 1.46. The molecule has 86 valence electrons. The van der Waals surface area contributed by atoms with Crippen molar-refractivity contribution in [3.8, 4) is 0 Å². The van der Waals surface area contributed by atoms with Crippen LogP contribution in [0, 0.1) is 6.92 Å². The second-order valence-corrected chi connectivity index (χ2v) is 3.40. The van der Waals surface area contributed by atoms with Gasteiger partial charge in [-0.1, -0.05) is 29.4 Å². The lowest BCUT2D eigenvalue weighted by Gasteiger charge is -2.15. The maximum absolute atomic E-state index is 12.3. The SMILES string of the molecule is Cc1ccccc1C(CC(F)(F)F)N=[N+]=[N-]. The maximum atomic E-state index is 12.3. The number of halogens is 3. The third kappa shape index (κ3) is 3.47. The molecule has 0 radical (unpaired) electrons. The maximum Gasteiger partial charge on any atom is 0.389 e. The largest absolute Gasteiger partial charge is 0.389 e. The standard InChI is InChI=1S/C10H10F3N3/c1-7-4-2-3-5-8(7)9(15-16-14)6-10(11,12)13/h2-5,9H,6H2,1H3. The van der Waals surface area contributed by atoms with Crippen LogP contribution in [0.1, 0.15) is 23.6 Å². The minimum atomic E-state index is -4.35. The van der Waals surface area contributed by atoms with Crippen LogP contribution in [0.4, 0.5) is 13.2 Å². The molecule has 0 saturated heterocycles. The molecule has 0 heterocycles. The molecule has 3 nitrogen and oxygen atoms in total. The molecule has 1 rings (SSSR count). The first-order valence-corrected chi connectivity index (χ1v) is 4.60. The summed E-state index contributed by atoms with van der Waals surface area (Å²) in [5, 5.41) is 3.20. The Balaban J connectivity index is 3.03. The summed E-state index contributed by atoms with van der Waals surface area (Å²) in [6, 6.07) is 5.38. The van der Waals surface area contributed by atoms with Gasteiger partial charge >= 0.3 is 6.18 Å². The molecule has 0 aromatic heterocycles. The van der Waals surface area contributed by atoms with Crippen molar-refractivity contribution in [2.45, 2.75) is 25.6 Å².